The van der Waals surface area contributed by atoms with Gasteiger partial charge in [0.2, 0.25) is 0 Å². The molecule has 1 saturated carbocycles. The summed E-state index contributed by atoms with van der Waals surface area (Å²) in [6.07, 6.45) is 6.36. The van der Waals surface area contributed by atoms with E-state index < -0.39 is 5.97 Å². The molecule has 0 saturated heterocycles. The number of Topliss-reactive ketones (excluding diaryl/α,β-unsaturated/α-hetero) is 1. The highest BCUT2D eigenvalue weighted by Crippen LogP contribution is 2.32. The van der Waals surface area contributed by atoms with E-state index in [9.17, 15) is 9.59 Å². The lowest BCUT2D eigenvalue weighted by molar-refractivity contribution is -0.143. The number of carbonyl (C=O) groups excluding carboxylic acids is 1. The number of imidazole rings is 1. The van der Waals surface area contributed by atoms with Crippen molar-refractivity contribution in [2.75, 3.05) is 6.61 Å². The first-order chi connectivity index (χ1) is 12.5. The minimum atomic E-state index is -0.689. The summed E-state index contributed by atoms with van der Waals surface area (Å²) in [4.78, 5) is 28.4. The molecule has 2 heterocycles. The standard InChI is InChI=1S/C20H26N2O4.CH4/c1-3-26-17-5-4-12-22-18(13(2)21-19(17)22)16(23)11-8-14-6-9-15(10-7-14)20(24)25;/h4-5,12,14-15H,3,6-11H2,1-2H3,(H,24,25);1H4. The lowest BCUT2D eigenvalue weighted by Gasteiger charge is -2.25. The first-order valence-corrected chi connectivity index (χ1v) is 9.37. The molecular weight excluding hydrogens is 344 g/mol. The molecule has 1 N–H and O–H groups in total. The Hall–Kier alpha value is -2.37. The van der Waals surface area contributed by atoms with Gasteiger partial charge in [-0.15, -0.1) is 0 Å². The second-order valence-corrected chi connectivity index (χ2v) is 7.06. The molecule has 0 amide bonds. The lowest BCUT2D eigenvalue weighted by Crippen LogP contribution is -2.21. The van der Waals surface area contributed by atoms with Crippen molar-refractivity contribution in [3.63, 3.8) is 0 Å². The van der Waals surface area contributed by atoms with Gasteiger partial charge in [-0.05, 0) is 64.0 Å². The normalized spacial score (nSPS) is 19.5. The van der Waals surface area contributed by atoms with Crippen LogP contribution in [0, 0.1) is 18.8 Å². The third-order valence-corrected chi connectivity index (χ3v) is 5.33. The number of hydrogen-bond donors (Lipinski definition) is 1. The van der Waals surface area contributed by atoms with Gasteiger partial charge in [-0.3, -0.25) is 14.0 Å². The highest BCUT2D eigenvalue weighted by Gasteiger charge is 2.27. The van der Waals surface area contributed by atoms with Gasteiger partial charge in [0.25, 0.3) is 0 Å². The quantitative estimate of drug-likeness (QED) is 0.720. The molecule has 2 aromatic heterocycles. The average molecular weight is 374 g/mol. The Morgan fingerprint density at radius 1 is 1.30 bits per heavy atom. The average Bonchev–Trinajstić information content (AvgIpc) is 2.97. The predicted molar refractivity (Wildman–Crippen MR) is 104 cm³/mol. The fourth-order valence-corrected chi connectivity index (χ4v) is 3.91. The summed E-state index contributed by atoms with van der Waals surface area (Å²) in [5.74, 6) is 0.312. The number of carboxylic acids is 1. The van der Waals surface area contributed by atoms with Crippen LogP contribution in [-0.4, -0.2) is 32.9 Å². The molecule has 0 atom stereocenters. The van der Waals surface area contributed by atoms with Crippen molar-refractivity contribution in [3.05, 3.63) is 29.7 Å². The molecule has 0 aliphatic heterocycles. The zero-order valence-electron chi connectivity index (χ0n) is 15.4. The minimum Gasteiger partial charge on any atom is -0.490 e. The molecular formula is C21H30N2O4. The van der Waals surface area contributed by atoms with Gasteiger partial charge in [0.1, 0.15) is 5.69 Å². The molecule has 6 nitrogen and oxygen atoms in total. The topological polar surface area (TPSA) is 80.9 Å². The van der Waals surface area contributed by atoms with Gasteiger partial charge in [-0.1, -0.05) is 7.43 Å². The van der Waals surface area contributed by atoms with E-state index in [1.165, 1.54) is 0 Å². The number of ether oxygens (including phenoxy) is 1. The van der Waals surface area contributed by atoms with Crippen LogP contribution in [0.3, 0.4) is 0 Å². The predicted octanol–water partition coefficient (Wildman–Crippen LogP) is 4.53. The van der Waals surface area contributed by atoms with Gasteiger partial charge in [-0.2, -0.15) is 0 Å². The number of fused-ring (bicyclic) bond motifs is 1. The monoisotopic (exact) mass is 374 g/mol. The summed E-state index contributed by atoms with van der Waals surface area (Å²) >= 11 is 0. The second-order valence-electron chi connectivity index (χ2n) is 7.06. The van der Waals surface area contributed by atoms with Crippen molar-refractivity contribution < 1.29 is 19.4 Å². The Balaban J connectivity index is 0.00000261. The van der Waals surface area contributed by atoms with Crippen molar-refractivity contribution >= 4 is 17.4 Å². The zero-order chi connectivity index (χ0) is 18.7. The molecule has 0 aromatic carbocycles. The summed E-state index contributed by atoms with van der Waals surface area (Å²) in [6.45, 7) is 4.33. The molecule has 0 spiro atoms. The van der Waals surface area contributed by atoms with Crippen molar-refractivity contribution in [1.29, 1.82) is 0 Å². The Kier molecular flexibility index (Phi) is 6.99. The minimum absolute atomic E-state index is 0. The molecule has 0 bridgehead atoms. The van der Waals surface area contributed by atoms with Gasteiger partial charge in [-0.25, -0.2) is 4.98 Å². The van der Waals surface area contributed by atoms with Crippen LogP contribution < -0.4 is 4.74 Å². The van der Waals surface area contributed by atoms with Crippen LogP contribution in [0.4, 0.5) is 0 Å². The Bertz CT molecular complexity index is 804. The Morgan fingerprint density at radius 3 is 2.63 bits per heavy atom. The van der Waals surface area contributed by atoms with Gasteiger partial charge in [0.05, 0.1) is 18.2 Å². The number of hydrogen-bond acceptors (Lipinski definition) is 4. The van der Waals surface area contributed by atoms with Crippen LogP contribution in [-0.2, 0) is 4.79 Å². The third-order valence-electron chi connectivity index (χ3n) is 5.33. The molecule has 6 heteroatoms. The van der Waals surface area contributed by atoms with E-state index in [0.29, 0.717) is 36.0 Å². The number of pyridine rings is 1. The van der Waals surface area contributed by atoms with E-state index in [-0.39, 0.29) is 19.1 Å². The molecule has 1 aliphatic rings. The number of aliphatic carboxylic acids is 1. The summed E-state index contributed by atoms with van der Waals surface area (Å²) in [5, 5.41) is 9.09. The Labute approximate surface area is 160 Å². The zero-order valence-corrected chi connectivity index (χ0v) is 15.4. The van der Waals surface area contributed by atoms with E-state index >= 15 is 0 Å². The number of carboxylic acid groups (broad SMARTS) is 1. The van der Waals surface area contributed by atoms with E-state index in [0.717, 1.165) is 37.8 Å². The fourth-order valence-electron chi connectivity index (χ4n) is 3.91. The van der Waals surface area contributed by atoms with Gasteiger partial charge < -0.3 is 9.84 Å². The van der Waals surface area contributed by atoms with Crippen molar-refractivity contribution in [3.8, 4) is 5.75 Å². The lowest BCUT2D eigenvalue weighted by atomic mass is 9.79. The summed E-state index contributed by atoms with van der Waals surface area (Å²) in [5.41, 5.74) is 2.02. The van der Waals surface area contributed by atoms with Gasteiger partial charge in [0, 0.05) is 12.6 Å². The molecule has 0 radical (unpaired) electrons. The molecule has 3 rings (SSSR count). The number of rotatable bonds is 7. The highest BCUT2D eigenvalue weighted by atomic mass is 16.5. The highest BCUT2D eigenvalue weighted by molar-refractivity contribution is 5.96. The maximum absolute atomic E-state index is 12.8. The van der Waals surface area contributed by atoms with Crippen molar-refractivity contribution in [2.45, 2.75) is 59.8 Å². The maximum atomic E-state index is 12.8. The van der Waals surface area contributed by atoms with Crippen LogP contribution in [0.1, 0.15) is 69.1 Å². The molecule has 2 aromatic rings. The summed E-state index contributed by atoms with van der Waals surface area (Å²) < 4.78 is 7.43. The summed E-state index contributed by atoms with van der Waals surface area (Å²) in [6, 6.07) is 3.73. The molecule has 1 aliphatic carbocycles. The third kappa shape index (κ3) is 4.49. The smallest absolute Gasteiger partial charge is 0.306 e. The first-order valence-electron chi connectivity index (χ1n) is 9.37. The fraction of sp³-hybridized carbons (Fsp3) is 0.571. The number of aromatic nitrogens is 2. The second kappa shape index (κ2) is 9.02. The maximum Gasteiger partial charge on any atom is 0.306 e. The van der Waals surface area contributed by atoms with E-state index in [1.807, 2.05) is 36.6 Å². The number of ketones is 1. The first kappa shape index (κ1) is 20.9. The summed E-state index contributed by atoms with van der Waals surface area (Å²) in [7, 11) is 0. The van der Waals surface area contributed by atoms with E-state index in [2.05, 4.69) is 4.98 Å². The van der Waals surface area contributed by atoms with Crippen molar-refractivity contribution in [1.82, 2.24) is 9.38 Å². The van der Waals surface area contributed by atoms with Gasteiger partial charge >= 0.3 is 5.97 Å². The van der Waals surface area contributed by atoms with Crippen LogP contribution >= 0.6 is 0 Å². The van der Waals surface area contributed by atoms with E-state index in [1.54, 1.807) is 0 Å². The molecule has 27 heavy (non-hydrogen) atoms. The molecule has 1 fully saturated rings. The van der Waals surface area contributed by atoms with Crippen LogP contribution in [0.15, 0.2) is 18.3 Å². The number of carbonyl (C=O) groups is 2. The molecule has 148 valence electrons. The SMILES string of the molecule is C.CCOc1cccn2c(C(=O)CCC3CCC(C(=O)O)CC3)c(C)nc12. The van der Waals surface area contributed by atoms with E-state index in [4.69, 9.17) is 9.84 Å². The number of nitrogens with zero attached hydrogens (tertiary/aromatic N) is 2. The van der Waals surface area contributed by atoms with Crippen LogP contribution in [0.2, 0.25) is 0 Å². The van der Waals surface area contributed by atoms with Crippen LogP contribution in [0.5, 0.6) is 5.75 Å². The Morgan fingerprint density at radius 2 is 2.00 bits per heavy atom. The van der Waals surface area contributed by atoms with Crippen LogP contribution in [0.25, 0.3) is 5.65 Å². The van der Waals surface area contributed by atoms with Gasteiger partial charge in [0.15, 0.2) is 17.2 Å². The largest absolute Gasteiger partial charge is 0.490 e. The number of aryl methyl sites for hydroxylation is 1. The van der Waals surface area contributed by atoms with Crippen molar-refractivity contribution in [2.24, 2.45) is 11.8 Å². The molecule has 0 unspecified atom stereocenters.